The highest BCUT2D eigenvalue weighted by atomic mass is 19.1. The maximum atomic E-state index is 16.1. The number of carbonyl (C=O) groups is 3. The number of aryl methyl sites for hydroxylation is 3. The van der Waals surface area contributed by atoms with E-state index in [0.29, 0.717) is 79.5 Å². The van der Waals surface area contributed by atoms with Gasteiger partial charge in [0.2, 0.25) is 11.8 Å². The van der Waals surface area contributed by atoms with E-state index in [9.17, 15) is 24.0 Å². The smallest absolute Gasteiger partial charge is 0.329 e. The van der Waals surface area contributed by atoms with Gasteiger partial charge < -0.3 is 19.7 Å². The minimum absolute atomic E-state index is 0.0161. The number of likely N-dealkylation sites (tertiary alicyclic amines) is 1. The normalized spacial score (nSPS) is 19.2. The van der Waals surface area contributed by atoms with Crippen LogP contribution in [0.4, 0.5) is 20.2 Å². The topological polar surface area (TPSA) is 155 Å². The Balaban J connectivity index is 0.731. The molecule has 1 unspecified atom stereocenters. The van der Waals surface area contributed by atoms with E-state index in [2.05, 4.69) is 49.1 Å². The first-order valence-corrected chi connectivity index (χ1v) is 24.3. The number of pyridine rings is 2. The number of nitrogens with zero attached hydrogens (tertiary/aromatic N) is 9. The van der Waals surface area contributed by atoms with Gasteiger partial charge in [0.15, 0.2) is 0 Å². The van der Waals surface area contributed by atoms with Gasteiger partial charge in [-0.25, -0.2) is 18.6 Å². The van der Waals surface area contributed by atoms with Gasteiger partial charge in [0.05, 0.1) is 22.4 Å². The molecule has 2 N–H and O–H groups in total. The quantitative estimate of drug-likeness (QED) is 0.168. The third-order valence-corrected chi connectivity index (χ3v) is 15.3. The second-order valence-corrected chi connectivity index (χ2v) is 19.4. The van der Waals surface area contributed by atoms with Crippen molar-refractivity contribution in [2.75, 3.05) is 76.2 Å². The van der Waals surface area contributed by atoms with Crippen LogP contribution in [0.3, 0.4) is 0 Å². The Bertz CT molecular complexity index is 3200. The van der Waals surface area contributed by atoms with E-state index >= 15 is 8.78 Å². The van der Waals surface area contributed by atoms with Gasteiger partial charge in [-0.3, -0.25) is 48.0 Å². The number of amides is 3. The zero-order valence-corrected chi connectivity index (χ0v) is 40.3. The summed E-state index contributed by atoms with van der Waals surface area (Å²) in [6, 6.07) is 12.8. The van der Waals surface area contributed by atoms with Crippen LogP contribution in [0.1, 0.15) is 78.3 Å². The zero-order chi connectivity index (χ0) is 49.1. The lowest BCUT2D eigenvalue weighted by molar-refractivity contribution is -0.135. The molecule has 0 aliphatic carbocycles. The van der Waals surface area contributed by atoms with E-state index in [1.54, 1.807) is 43.2 Å². The van der Waals surface area contributed by atoms with Crippen molar-refractivity contribution >= 4 is 56.7 Å². The summed E-state index contributed by atoms with van der Waals surface area (Å²) in [7, 11) is 5.38. The summed E-state index contributed by atoms with van der Waals surface area (Å²) in [5.74, 6) is -1.58. The van der Waals surface area contributed by atoms with Gasteiger partial charge in [-0.2, -0.15) is 0 Å². The van der Waals surface area contributed by atoms with Gasteiger partial charge in [-0.15, -0.1) is 0 Å². The third-order valence-electron chi connectivity index (χ3n) is 15.3. The molecule has 366 valence electrons. The van der Waals surface area contributed by atoms with Crippen molar-refractivity contribution < 1.29 is 23.2 Å². The summed E-state index contributed by atoms with van der Waals surface area (Å²) in [6.07, 6.45) is 8.19. The lowest BCUT2D eigenvalue weighted by Gasteiger charge is -2.39. The second kappa shape index (κ2) is 18.8. The summed E-state index contributed by atoms with van der Waals surface area (Å²) < 4.78 is 38.3. The first-order chi connectivity index (χ1) is 33.7. The minimum Gasteiger partial charge on any atom is -0.388 e. The van der Waals surface area contributed by atoms with Gasteiger partial charge in [-0.1, -0.05) is 6.08 Å². The third kappa shape index (κ3) is 8.50. The minimum atomic E-state index is -0.886. The summed E-state index contributed by atoms with van der Waals surface area (Å²) in [4.78, 5) is 77.7. The predicted molar refractivity (Wildman–Crippen MR) is 265 cm³/mol. The van der Waals surface area contributed by atoms with Crippen LogP contribution in [0.25, 0.3) is 33.3 Å². The van der Waals surface area contributed by atoms with Crippen molar-refractivity contribution in [1.82, 2.24) is 43.3 Å². The van der Waals surface area contributed by atoms with E-state index in [4.69, 9.17) is 0 Å². The molecule has 6 aromatic rings. The molecular formula is C52H59F2N11O5. The van der Waals surface area contributed by atoms with E-state index < -0.39 is 23.5 Å². The van der Waals surface area contributed by atoms with E-state index in [1.807, 2.05) is 42.0 Å². The molecule has 0 saturated carbocycles. The van der Waals surface area contributed by atoms with Crippen molar-refractivity contribution in [3.05, 3.63) is 122 Å². The molecule has 0 spiro atoms. The highest BCUT2D eigenvalue weighted by molar-refractivity contribution is 6.00. The predicted octanol–water partition coefficient (Wildman–Crippen LogP) is 5.51. The van der Waals surface area contributed by atoms with Crippen LogP contribution < -0.4 is 26.8 Å². The van der Waals surface area contributed by atoms with Gasteiger partial charge in [0, 0.05) is 145 Å². The fraction of sp³-hybridized carbons (Fsp3) is 0.423. The van der Waals surface area contributed by atoms with Crippen molar-refractivity contribution in [1.29, 1.82) is 0 Å². The average Bonchev–Trinajstić information content (AvgIpc) is 3.82. The fourth-order valence-electron chi connectivity index (χ4n) is 11.3. The number of imide groups is 1. The number of hydrogen-bond donors (Lipinski definition) is 2. The summed E-state index contributed by atoms with van der Waals surface area (Å²) in [6.45, 7) is 10.1. The molecule has 70 heavy (non-hydrogen) atoms. The molecule has 3 amide bonds. The highest BCUT2D eigenvalue weighted by Crippen LogP contribution is 2.35. The van der Waals surface area contributed by atoms with Crippen LogP contribution in [-0.4, -0.2) is 122 Å². The molecule has 3 saturated heterocycles. The van der Waals surface area contributed by atoms with Crippen LogP contribution in [-0.2, 0) is 23.7 Å². The molecule has 0 bridgehead atoms. The largest absolute Gasteiger partial charge is 0.388 e. The summed E-state index contributed by atoms with van der Waals surface area (Å²) >= 11 is 0. The number of hydrogen-bond acceptors (Lipinski definition) is 10. The number of piperidine rings is 2. The fourth-order valence-corrected chi connectivity index (χ4v) is 11.3. The molecule has 8 heterocycles. The number of imidazole rings is 1. The van der Waals surface area contributed by atoms with Gasteiger partial charge in [0.25, 0.3) is 11.5 Å². The Hall–Kier alpha value is -6.92. The van der Waals surface area contributed by atoms with Gasteiger partial charge in [0.1, 0.15) is 23.3 Å². The van der Waals surface area contributed by atoms with E-state index in [-0.39, 0.29) is 42.1 Å². The lowest BCUT2D eigenvalue weighted by atomic mass is 9.92. The molecule has 18 heteroatoms. The van der Waals surface area contributed by atoms with Crippen molar-refractivity contribution in [3.8, 4) is 5.69 Å². The Morgan fingerprint density at radius 3 is 2.31 bits per heavy atom. The van der Waals surface area contributed by atoms with Crippen molar-refractivity contribution in [2.24, 2.45) is 20.0 Å². The van der Waals surface area contributed by atoms with Crippen LogP contribution >= 0.6 is 0 Å². The number of carbonyl (C=O) groups excluding carboxylic acids is 3. The average molecular weight is 956 g/mol. The van der Waals surface area contributed by atoms with E-state index in [1.165, 1.54) is 21.3 Å². The number of aromatic nitrogens is 5. The van der Waals surface area contributed by atoms with Crippen LogP contribution in [0.2, 0.25) is 0 Å². The van der Waals surface area contributed by atoms with Crippen molar-refractivity contribution in [2.45, 2.75) is 58.0 Å². The summed E-state index contributed by atoms with van der Waals surface area (Å²) in [5.41, 5.74) is 6.62. The Morgan fingerprint density at radius 1 is 0.857 bits per heavy atom. The number of anilines is 2. The Morgan fingerprint density at radius 2 is 1.63 bits per heavy atom. The Labute approximate surface area is 403 Å². The number of piperazine rings is 1. The molecular weight excluding hydrogens is 897 g/mol. The number of nitrogens with one attached hydrogen (secondary N) is 2. The second-order valence-electron chi connectivity index (χ2n) is 19.4. The maximum absolute atomic E-state index is 16.1. The van der Waals surface area contributed by atoms with Crippen molar-refractivity contribution in [3.63, 3.8) is 0 Å². The first-order valence-electron chi connectivity index (χ1n) is 24.3. The molecule has 4 aliphatic heterocycles. The molecule has 4 aromatic heterocycles. The molecule has 2 atom stereocenters. The number of fused-ring (bicyclic) bond motifs is 2. The summed E-state index contributed by atoms with van der Waals surface area (Å²) in [5, 5.41) is 6.19. The van der Waals surface area contributed by atoms with Crippen LogP contribution in [0, 0.1) is 24.5 Å². The number of benzene rings is 2. The molecule has 3 fully saturated rings. The molecule has 10 rings (SSSR count). The monoisotopic (exact) mass is 955 g/mol. The molecule has 4 aliphatic rings. The number of halogens is 2. The maximum Gasteiger partial charge on any atom is 0.329 e. The standard InChI is InChI=1S/C52H59F2N11O5/c1-31-24-35(25-39(54)48(31)34-11-17-61(18-12-34)32(2)42-27-37-40(8-14-56-49(37)58(42)4)64-19-13-36(55-3)26-47(64)67)51(69)63-15-9-33(10-16-63)30-60-20-22-62(23-21-60)43-29-44-45(28-38(43)53)65(52(70)59(44)5)41-6-7-46(66)57-50(41)68/h8,11,13-14,19,24-29,32-33,41,55H,6-7,9-10,12,15-18,20-23,30H2,1-5H3,(H,57,66,68)/t32-,41?/m0/s1. The Kier molecular flexibility index (Phi) is 12.5. The van der Waals surface area contributed by atoms with Gasteiger partial charge >= 0.3 is 5.69 Å². The highest BCUT2D eigenvalue weighted by Gasteiger charge is 2.33. The molecule has 0 radical (unpaired) electrons. The lowest BCUT2D eigenvalue weighted by Crippen LogP contribution is -2.49. The number of rotatable bonds is 10. The zero-order valence-electron chi connectivity index (χ0n) is 40.3. The van der Waals surface area contributed by atoms with Crippen LogP contribution in [0.5, 0.6) is 0 Å². The van der Waals surface area contributed by atoms with Crippen LogP contribution in [0.15, 0.2) is 76.6 Å². The molecule has 16 nitrogen and oxygen atoms in total. The van der Waals surface area contributed by atoms with Gasteiger partial charge in [-0.05, 0) is 93.0 Å². The first kappa shape index (κ1) is 46.8. The molecule has 2 aromatic carbocycles. The van der Waals surface area contributed by atoms with E-state index in [0.717, 1.165) is 71.7 Å². The SMILES string of the molecule is CNc1ccn(-c2ccnc3c2cc([C@H](C)N2CC=C(c4c(C)cc(C(=O)N5CCC(CN6CCN(c7cc8c(cc7F)n(C7CCC(=O)NC7=O)c(=O)n8C)CC6)CC5)cc4F)CC2)n3C)c(=O)c1.